The number of thioether (sulfide) groups is 1. The van der Waals surface area contributed by atoms with E-state index in [2.05, 4.69) is 16.7 Å². The van der Waals surface area contributed by atoms with Crippen molar-refractivity contribution in [2.75, 3.05) is 12.0 Å². The van der Waals surface area contributed by atoms with E-state index in [9.17, 15) is 19.5 Å². The molecule has 0 saturated carbocycles. The van der Waals surface area contributed by atoms with Crippen molar-refractivity contribution in [1.82, 2.24) is 10.6 Å². The van der Waals surface area contributed by atoms with E-state index in [1.54, 1.807) is 30.8 Å². The van der Waals surface area contributed by atoms with Crippen molar-refractivity contribution in [3.63, 3.8) is 0 Å². The first kappa shape index (κ1) is 28.0. The number of esters is 1. The number of benzene rings is 1. The molecule has 0 fully saturated rings. The molecule has 1 aromatic rings. The van der Waals surface area contributed by atoms with E-state index < -0.39 is 24.0 Å². The summed E-state index contributed by atoms with van der Waals surface area (Å²) >= 11 is 1.57. The minimum atomic E-state index is -0.844. The third-order valence-corrected chi connectivity index (χ3v) is 4.68. The predicted molar refractivity (Wildman–Crippen MR) is 109 cm³/mol. The van der Waals surface area contributed by atoms with Crippen LogP contribution in [-0.2, 0) is 53.7 Å². The van der Waals surface area contributed by atoms with Gasteiger partial charge in [-0.1, -0.05) is 20.8 Å². The average molecular weight is 498 g/mol. The Morgan fingerprint density at radius 1 is 1.34 bits per heavy atom. The van der Waals surface area contributed by atoms with Gasteiger partial charge in [-0.15, -0.1) is 17.2 Å². The Morgan fingerprint density at radius 2 is 2.03 bits per heavy atom. The van der Waals surface area contributed by atoms with Crippen molar-refractivity contribution in [2.24, 2.45) is 5.92 Å². The van der Waals surface area contributed by atoms with Crippen LogP contribution >= 0.6 is 11.8 Å². The summed E-state index contributed by atoms with van der Waals surface area (Å²) in [5.41, 5.74) is 1.33. The molecule has 0 heterocycles. The van der Waals surface area contributed by atoms with Crippen LogP contribution in [0.1, 0.15) is 37.8 Å². The molecule has 0 saturated heterocycles. The number of aliphatic hydroxyl groups is 1. The molecule has 7 nitrogen and oxygen atoms in total. The molecule has 0 aliphatic rings. The van der Waals surface area contributed by atoms with E-state index in [1.807, 2.05) is 20.1 Å². The van der Waals surface area contributed by atoms with Crippen molar-refractivity contribution >= 4 is 30.0 Å². The van der Waals surface area contributed by atoms with E-state index in [-0.39, 0.29) is 51.0 Å². The van der Waals surface area contributed by atoms with Gasteiger partial charge in [0.1, 0.15) is 12.1 Å². The van der Waals surface area contributed by atoms with Crippen molar-refractivity contribution in [3.05, 3.63) is 29.3 Å². The molecule has 2 amide bonds. The van der Waals surface area contributed by atoms with Crippen LogP contribution in [0.25, 0.3) is 0 Å². The molecule has 0 aromatic heterocycles. The topological polar surface area (TPSA) is 105 Å². The molecule has 0 bridgehead atoms. The van der Waals surface area contributed by atoms with E-state index in [1.165, 1.54) is 0 Å². The van der Waals surface area contributed by atoms with Gasteiger partial charge >= 0.3 is 5.97 Å². The minimum absolute atomic E-state index is 0. The maximum absolute atomic E-state index is 12.7. The third kappa shape index (κ3) is 10.1. The second-order valence-electron chi connectivity index (χ2n) is 6.91. The Hall–Kier alpha value is -0.956. The Balaban J connectivity index is 0.00000784. The number of hydrogen-bond acceptors (Lipinski definition) is 6. The van der Waals surface area contributed by atoms with Crippen molar-refractivity contribution < 1.29 is 56.9 Å². The Labute approximate surface area is 202 Å². The number of rotatable bonds is 12. The van der Waals surface area contributed by atoms with Gasteiger partial charge in [-0.2, -0.15) is 23.9 Å². The number of aryl methyl sites for hydroxylation is 1. The van der Waals surface area contributed by atoms with Crippen LogP contribution in [0.5, 0.6) is 5.75 Å². The first-order chi connectivity index (χ1) is 13.3. The van der Waals surface area contributed by atoms with E-state index in [0.29, 0.717) is 36.1 Å². The fourth-order valence-corrected chi connectivity index (χ4v) is 3.07. The van der Waals surface area contributed by atoms with Gasteiger partial charge in [-0.25, -0.2) is 4.79 Å². The summed E-state index contributed by atoms with van der Waals surface area (Å²) in [5.74, 6) is 0.0929. The summed E-state index contributed by atoms with van der Waals surface area (Å²) in [5, 5.41) is 14.4. The largest absolute Gasteiger partial charge is 0.452 e. The number of hydrogen-bond donors (Lipinski definition) is 3. The summed E-state index contributed by atoms with van der Waals surface area (Å²) in [6.45, 7) is 5.50. The van der Waals surface area contributed by atoms with Gasteiger partial charge in [0.15, 0.2) is 0 Å². The van der Waals surface area contributed by atoms with E-state index in [0.717, 1.165) is 0 Å². The fraction of sp³-hybridized carbons (Fsp3) is 0.550. The third-order valence-electron chi connectivity index (χ3n) is 4.04. The van der Waals surface area contributed by atoms with Crippen LogP contribution in [-0.4, -0.2) is 47.5 Å². The molecule has 0 aliphatic heterocycles. The van der Waals surface area contributed by atoms with Crippen LogP contribution in [0.3, 0.4) is 0 Å². The zero-order chi connectivity index (χ0) is 21.1. The average Bonchev–Trinajstić information content (AvgIpc) is 2.65. The molecular formula is C20H29N2O5SY-. The molecule has 3 N–H and O–H groups in total. The maximum atomic E-state index is 12.7. The van der Waals surface area contributed by atoms with E-state index in [4.69, 9.17) is 4.74 Å². The second-order valence-corrected chi connectivity index (χ2v) is 7.89. The van der Waals surface area contributed by atoms with E-state index >= 15 is 0 Å². The van der Waals surface area contributed by atoms with Gasteiger partial charge in [-0.05, 0) is 30.8 Å². The first-order valence-corrected chi connectivity index (χ1v) is 10.5. The van der Waals surface area contributed by atoms with Gasteiger partial charge in [0, 0.05) is 45.1 Å². The molecule has 2 atom stereocenters. The normalized spacial score (nSPS) is 12.5. The molecule has 29 heavy (non-hydrogen) atoms. The molecule has 9 heteroatoms. The van der Waals surface area contributed by atoms with Gasteiger partial charge in [0.05, 0.1) is 0 Å². The summed E-state index contributed by atoms with van der Waals surface area (Å²) in [6, 6.07) is 4.56. The zero-order valence-corrected chi connectivity index (χ0v) is 21.0. The standard InChI is InChI=1S/C20H29N2O5S.Y/c1-13(2)9-17(22-19(25)16(21-12-24)7-8-28-4)20(26)27-18-6-5-15(11-23)10-14(18)3;/h5,10,12-13,16-17,23H,7-9,11H2,1-4H3,(H,21,24)(H,22,25);/q-1;. The maximum Gasteiger partial charge on any atom is 0.331 e. The molecule has 159 valence electrons. The van der Waals surface area contributed by atoms with Crippen LogP contribution in [0.2, 0.25) is 0 Å². The van der Waals surface area contributed by atoms with Gasteiger partial charge in [0.25, 0.3) is 0 Å². The number of amides is 2. The number of aliphatic hydroxyl groups excluding tert-OH is 1. The van der Waals surface area contributed by atoms with Gasteiger partial charge < -0.3 is 20.5 Å². The summed E-state index contributed by atoms with van der Waals surface area (Å²) < 4.78 is 5.44. The molecular weight excluding hydrogens is 469 g/mol. The summed E-state index contributed by atoms with van der Waals surface area (Å²) in [4.78, 5) is 36.0. The Kier molecular flexibility index (Phi) is 14.4. The van der Waals surface area contributed by atoms with Crippen molar-refractivity contribution in [3.8, 4) is 5.75 Å². The monoisotopic (exact) mass is 498 g/mol. The van der Waals surface area contributed by atoms with Crippen LogP contribution in [0.4, 0.5) is 0 Å². The molecule has 2 unspecified atom stereocenters. The summed E-state index contributed by atoms with van der Waals surface area (Å²) in [7, 11) is 0. The predicted octanol–water partition coefficient (Wildman–Crippen LogP) is 1.59. The van der Waals surface area contributed by atoms with Crippen molar-refractivity contribution in [2.45, 2.75) is 52.3 Å². The zero-order valence-electron chi connectivity index (χ0n) is 17.4. The fourth-order valence-electron chi connectivity index (χ4n) is 2.60. The smallest absolute Gasteiger partial charge is 0.331 e. The number of ether oxygens (including phenoxy) is 1. The SMILES string of the molecule is CSCCC(NC=O)C(=O)NC(CC(C)C)C(=O)Oc1[c-]cc(CO)cc1C.[Y]. The van der Waals surface area contributed by atoms with Crippen LogP contribution < -0.4 is 15.4 Å². The Bertz CT molecular complexity index is 672. The quantitative estimate of drug-likeness (QED) is 0.175. The van der Waals surface area contributed by atoms with Gasteiger partial charge in [0.2, 0.25) is 12.3 Å². The number of carbonyl (C=O) groups excluding carboxylic acids is 3. The number of nitrogens with one attached hydrogen (secondary N) is 2. The molecule has 0 spiro atoms. The van der Waals surface area contributed by atoms with Crippen molar-refractivity contribution in [1.29, 1.82) is 0 Å². The second kappa shape index (κ2) is 14.9. The molecule has 1 rings (SSSR count). The van der Waals surface area contributed by atoms with Gasteiger partial charge in [-0.3, -0.25) is 9.59 Å². The van der Waals surface area contributed by atoms with Crippen LogP contribution in [0, 0.1) is 18.9 Å². The summed E-state index contributed by atoms with van der Waals surface area (Å²) in [6.07, 6.45) is 3.26. The minimum Gasteiger partial charge on any atom is -0.452 e. The van der Waals surface area contributed by atoms with Crippen LogP contribution in [0.15, 0.2) is 12.1 Å². The molecule has 1 aromatic carbocycles. The number of carbonyl (C=O) groups is 3. The Morgan fingerprint density at radius 3 is 2.55 bits per heavy atom. The first-order valence-electron chi connectivity index (χ1n) is 9.15. The molecule has 1 radical (unpaired) electrons. The molecule has 0 aliphatic carbocycles.